The molecule has 2 N–H and O–H groups in total. The van der Waals surface area contributed by atoms with Gasteiger partial charge < -0.3 is 10.4 Å². The highest BCUT2D eigenvalue weighted by atomic mass is 16.3. The summed E-state index contributed by atoms with van der Waals surface area (Å²) in [6.07, 6.45) is 3.96. The molecule has 2 aromatic rings. The summed E-state index contributed by atoms with van der Waals surface area (Å²) in [5.74, 6) is 0.181. The molecule has 2 aromatic carbocycles. The lowest BCUT2D eigenvalue weighted by Crippen LogP contribution is -2.09. The Morgan fingerprint density at radius 2 is 1.74 bits per heavy atom. The zero-order chi connectivity index (χ0) is 13.5. The van der Waals surface area contributed by atoms with Crippen LogP contribution in [0.4, 0.5) is 5.69 Å². The van der Waals surface area contributed by atoms with Crippen molar-refractivity contribution < 1.29 is 9.90 Å². The number of aromatic hydroxyl groups is 1. The maximum absolute atomic E-state index is 11.7. The maximum atomic E-state index is 11.7. The van der Waals surface area contributed by atoms with Gasteiger partial charge in [-0.05, 0) is 29.8 Å². The molecule has 0 aliphatic rings. The van der Waals surface area contributed by atoms with E-state index in [9.17, 15) is 4.79 Å². The SMILES string of the molecule is O=C(C/C=C/c1ccc(O)cc1)Nc1ccccc1. The van der Waals surface area contributed by atoms with E-state index in [0.29, 0.717) is 6.42 Å². The van der Waals surface area contributed by atoms with Crippen molar-refractivity contribution in [2.24, 2.45) is 0 Å². The van der Waals surface area contributed by atoms with E-state index in [0.717, 1.165) is 11.3 Å². The summed E-state index contributed by atoms with van der Waals surface area (Å²) in [7, 11) is 0. The summed E-state index contributed by atoms with van der Waals surface area (Å²) in [5, 5.41) is 12.0. The van der Waals surface area contributed by atoms with Crippen LogP contribution in [0.2, 0.25) is 0 Å². The Kier molecular flexibility index (Phi) is 4.34. The number of phenols is 1. The number of anilines is 1. The van der Waals surface area contributed by atoms with E-state index in [2.05, 4.69) is 5.32 Å². The van der Waals surface area contributed by atoms with Crippen molar-refractivity contribution in [3.8, 4) is 5.75 Å². The minimum absolute atomic E-state index is 0.0544. The monoisotopic (exact) mass is 253 g/mol. The molecule has 19 heavy (non-hydrogen) atoms. The molecule has 0 bridgehead atoms. The summed E-state index contributed by atoms with van der Waals surface area (Å²) < 4.78 is 0. The first kappa shape index (κ1) is 12.9. The molecule has 0 aliphatic heterocycles. The van der Waals surface area contributed by atoms with Gasteiger partial charge in [0.25, 0.3) is 0 Å². The minimum Gasteiger partial charge on any atom is -0.508 e. The lowest BCUT2D eigenvalue weighted by Gasteiger charge is -2.02. The highest BCUT2D eigenvalue weighted by molar-refractivity contribution is 5.92. The van der Waals surface area contributed by atoms with E-state index < -0.39 is 0 Å². The van der Waals surface area contributed by atoms with Crippen LogP contribution < -0.4 is 5.32 Å². The van der Waals surface area contributed by atoms with Crippen LogP contribution in [0.3, 0.4) is 0 Å². The zero-order valence-electron chi connectivity index (χ0n) is 10.4. The Bertz CT molecular complexity index is 559. The van der Waals surface area contributed by atoms with Gasteiger partial charge in [0.1, 0.15) is 5.75 Å². The first-order chi connectivity index (χ1) is 9.24. The number of para-hydroxylation sites is 1. The van der Waals surface area contributed by atoms with Crippen LogP contribution in [-0.4, -0.2) is 11.0 Å². The fourth-order valence-electron chi connectivity index (χ4n) is 1.62. The van der Waals surface area contributed by atoms with E-state index in [-0.39, 0.29) is 11.7 Å². The van der Waals surface area contributed by atoms with Gasteiger partial charge in [-0.2, -0.15) is 0 Å². The molecular weight excluding hydrogens is 238 g/mol. The molecule has 3 heteroatoms. The van der Waals surface area contributed by atoms with Crippen molar-refractivity contribution >= 4 is 17.7 Å². The molecule has 0 saturated carbocycles. The smallest absolute Gasteiger partial charge is 0.228 e. The number of benzene rings is 2. The van der Waals surface area contributed by atoms with E-state index in [4.69, 9.17) is 5.11 Å². The highest BCUT2D eigenvalue weighted by Crippen LogP contribution is 2.11. The lowest BCUT2D eigenvalue weighted by molar-refractivity contribution is -0.115. The van der Waals surface area contributed by atoms with Crippen molar-refractivity contribution in [1.29, 1.82) is 0 Å². The third kappa shape index (κ3) is 4.32. The number of hydrogen-bond donors (Lipinski definition) is 2. The van der Waals surface area contributed by atoms with Crippen LogP contribution in [-0.2, 0) is 4.79 Å². The van der Waals surface area contributed by atoms with E-state index in [1.165, 1.54) is 0 Å². The van der Waals surface area contributed by atoms with Gasteiger partial charge >= 0.3 is 0 Å². The van der Waals surface area contributed by atoms with Crippen LogP contribution >= 0.6 is 0 Å². The summed E-state index contributed by atoms with van der Waals surface area (Å²) in [6.45, 7) is 0. The van der Waals surface area contributed by atoms with Gasteiger partial charge in [0, 0.05) is 12.1 Å². The van der Waals surface area contributed by atoms with Crippen molar-refractivity contribution in [2.45, 2.75) is 6.42 Å². The minimum atomic E-state index is -0.0544. The Morgan fingerprint density at radius 3 is 2.42 bits per heavy atom. The standard InChI is InChI=1S/C16H15NO2/c18-15-11-9-13(10-12-15)5-4-8-16(19)17-14-6-2-1-3-7-14/h1-7,9-12,18H,8H2,(H,17,19)/b5-4+. The molecular formula is C16H15NO2. The van der Waals surface area contributed by atoms with Gasteiger partial charge in [0.05, 0.1) is 0 Å². The first-order valence-electron chi connectivity index (χ1n) is 6.04. The first-order valence-corrected chi connectivity index (χ1v) is 6.04. The molecule has 0 fully saturated rings. The average molecular weight is 253 g/mol. The number of hydrogen-bond acceptors (Lipinski definition) is 2. The van der Waals surface area contributed by atoms with E-state index in [1.807, 2.05) is 36.4 Å². The summed E-state index contributed by atoms with van der Waals surface area (Å²) >= 11 is 0. The number of amides is 1. The van der Waals surface area contributed by atoms with Crippen LogP contribution in [0.15, 0.2) is 60.7 Å². The average Bonchev–Trinajstić information content (AvgIpc) is 2.42. The number of nitrogens with one attached hydrogen (secondary N) is 1. The van der Waals surface area contributed by atoms with Crippen molar-refractivity contribution in [1.82, 2.24) is 0 Å². The molecule has 0 aliphatic carbocycles. The predicted molar refractivity (Wildman–Crippen MR) is 76.8 cm³/mol. The van der Waals surface area contributed by atoms with Gasteiger partial charge in [-0.1, -0.05) is 42.5 Å². The molecule has 0 spiro atoms. The quantitative estimate of drug-likeness (QED) is 0.877. The number of phenolic OH excluding ortho intramolecular Hbond substituents is 1. The van der Waals surface area contributed by atoms with E-state index in [1.54, 1.807) is 30.3 Å². The summed E-state index contributed by atoms with van der Waals surface area (Å²) in [6, 6.07) is 16.2. The molecule has 0 saturated heterocycles. The van der Waals surface area contributed by atoms with Crippen molar-refractivity contribution in [3.63, 3.8) is 0 Å². The van der Waals surface area contributed by atoms with Gasteiger partial charge in [0.2, 0.25) is 5.91 Å². The molecule has 0 atom stereocenters. The third-order valence-electron chi connectivity index (χ3n) is 2.56. The Labute approximate surface area is 112 Å². The normalized spacial score (nSPS) is 10.5. The zero-order valence-corrected chi connectivity index (χ0v) is 10.4. The Balaban J connectivity index is 1.85. The summed E-state index contributed by atoms with van der Waals surface area (Å²) in [5.41, 5.74) is 1.75. The van der Waals surface area contributed by atoms with Gasteiger partial charge in [-0.3, -0.25) is 4.79 Å². The topological polar surface area (TPSA) is 49.3 Å². The molecule has 1 amide bonds. The number of carbonyl (C=O) groups excluding carboxylic acids is 1. The largest absolute Gasteiger partial charge is 0.508 e. The predicted octanol–water partition coefficient (Wildman–Crippen LogP) is 3.43. The Morgan fingerprint density at radius 1 is 1.05 bits per heavy atom. The van der Waals surface area contributed by atoms with Gasteiger partial charge in [-0.25, -0.2) is 0 Å². The van der Waals surface area contributed by atoms with Crippen LogP contribution in [0.1, 0.15) is 12.0 Å². The summed E-state index contributed by atoms with van der Waals surface area (Å²) in [4.78, 5) is 11.7. The van der Waals surface area contributed by atoms with Gasteiger partial charge in [-0.15, -0.1) is 0 Å². The Hall–Kier alpha value is -2.55. The second-order valence-electron chi connectivity index (χ2n) is 4.11. The lowest BCUT2D eigenvalue weighted by atomic mass is 10.2. The second kappa shape index (κ2) is 6.40. The fourth-order valence-corrected chi connectivity index (χ4v) is 1.62. The van der Waals surface area contributed by atoms with Crippen molar-refractivity contribution in [3.05, 3.63) is 66.2 Å². The number of rotatable bonds is 4. The highest BCUT2D eigenvalue weighted by Gasteiger charge is 1.98. The molecule has 3 nitrogen and oxygen atoms in total. The van der Waals surface area contributed by atoms with Crippen LogP contribution in [0.25, 0.3) is 6.08 Å². The molecule has 0 heterocycles. The molecule has 0 unspecified atom stereocenters. The van der Waals surface area contributed by atoms with E-state index >= 15 is 0 Å². The van der Waals surface area contributed by atoms with Crippen LogP contribution in [0.5, 0.6) is 5.75 Å². The fraction of sp³-hybridized carbons (Fsp3) is 0.0625. The number of carbonyl (C=O) groups is 1. The molecule has 96 valence electrons. The third-order valence-corrected chi connectivity index (χ3v) is 2.56. The van der Waals surface area contributed by atoms with Crippen LogP contribution in [0, 0.1) is 0 Å². The second-order valence-corrected chi connectivity index (χ2v) is 4.11. The maximum Gasteiger partial charge on any atom is 0.228 e. The molecule has 0 aromatic heterocycles. The van der Waals surface area contributed by atoms with Crippen molar-refractivity contribution in [2.75, 3.05) is 5.32 Å². The molecule has 0 radical (unpaired) electrons. The molecule has 2 rings (SSSR count). The van der Waals surface area contributed by atoms with Gasteiger partial charge in [0.15, 0.2) is 0 Å².